The molecule has 0 saturated heterocycles. The Labute approximate surface area is 159 Å². The fourth-order valence-corrected chi connectivity index (χ4v) is 4.09. The average Bonchev–Trinajstić information content (AvgIpc) is 2.52. The Bertz CT molecular complexity index is 901. The molecule has 0 fully saturated rings. The number of amides is 1. The van der Waals surface area contributed by atoms with Gasteiger partial charge in [-0.25, -0.2) is 8.42 Å². The lowest BCUT2D eigenvalue weighted by Crippen LogP contribution is -2.34. The van der Waals surface area contributed by atoms with Crippen molar-refractivity contribution in [3.05, 3.63) is 53.0 Å². The molecule has 0 radical (unpaired) electrons. The molecule has 25 heavy (non-hydrogen) atoms. The quantitative estimate of drug-likeness (QED) is 0.691. The van der Waals surface area contributed by atoms with Gasteiger partial charge in [0.1, 0.15) is 6.54 Å². The molecule has 6 nitrogen and oxygen atoms in total. The molecule has 9 heteroatoms. The molecule has 1 N–H and O–H groups in total. The Balaban J connectivity index is 2.44. The summed E-state index contributed by atoms with van der Waals surface area (Å²) in [6.45, 7) is 0.847. The van der Waals surface area contributed by atoms with Gasteiger partial charge in [-0.15, -0.1) is 0 Å². The smallest absolute Gasteiger partial charge is 0.264 e. The highest BCUT2D eigenvalue weighted by Crippen LogP contribution is 2.27. The van der Waals surface area contributed by atoms with E-state index in [9.17, 15) is 18.0 Å². The summed E-state index contributed by atoms with van der Waals surface area (Å²) in [6.07, 6.45) is 0. The molecule has 0 heterocycles. The maximum atomic E-state index is 12.9. The molecular formula is C16H14BrClN2O4S. The Morgan fingerprint density at radius 1 is 1.16 bits per heavy atom. The first-order valence-electron chi connectivity index (χ1n) is 7.04. The van der Waals surface area contributed by atoms with Crippen molar-refractivity contribution in [2.24, 2.45) is 0 Å². The second-order valence-electron chi connectivity index (χ2n) is 5.05. The van der Waals surface area contributed by atoms with E-state index in [2.05, 4.69) is 21.2 Å². The minimum Gasteiger partial charge on any atom is -0.326 e. The summed E-state index contributed by atoms with van der Waals surface area (Å²) < 4.78 is 27.4. The number of carbonyl (C=O) groups excluding carboxylic acids is 2. The summed E-state index contributed by atoms with van der Waals surface area (Å²) in [5, 5.41) is 1.75. The van der Waals surface area contributed by atoms with Crippen molar-refractivity contribution in [3.63, 3.8) is 0 Å². The van der Waals surface area contributed by atoms with Crippen molar-refractivity contribution in [1.29, 1.82) is 0 Å². The van der Waals surface area contributed by atoms with E-state index in [1.165, 1.54) is 31.2 Å². The maximum absolute atomic E-state index is 12.9. The molecule has 2 rings (SSSR count). The number of halogens is 2. The van der Waals surface area contributed by atoms with Crippen molar-refractivity contribution < 1.29 is 18.0 Å². The molecule has 0 aromatic heterocycles. The lowest BCUT2D eigenvalue weighted by Gasteiger charge is -2.23. The summed E-state index contributed by atoms with van der Waals surface area (Å²) in [6, 6.07) is 12.2. The molecule has 0 aliphatic carbocycles. The van der Waals surface area contributed by atoms with Crippen LogP contribution in [-0.2, 0) is 19.6 Å². The first-order chi connectivity index (χ1) is 11.7. The number of rotatable bonds is 6. The Kier molecular flexibility index (Phi) is 6.21. The molecule has 2 aromatic rings. The maximum Gasteiger partial charge on any atom is 0.264 e. The second-order valence-corrected chi connectivity index (χ2v) is 8.25. The van der Waals surface area contributed by atoms with Crippen LogP contribution < -0.4 is 9.62 Å². The number of nitrogens with zero attached hydrogens (tertiary/aromatic N) is 1. The molecule has 2 aromatic carbocycles. The first kappa shape index (κ1) is 19.4. The van der Waals surface area contributed by atoms with E-state index in [0.29, 0.717) is 15.8 Å². The predicted molar refractivity (Wildman–Crippen MR) is 100 cm³/mol. The molecule has 0 saturated carbocycles. The number of hydrogen-bond donors (Lipinski definition) is 1. The summed E-state index contributed by atoms with van der Waals surface area (Å²) >= 11 is 8.71. The van der Waals surface area contributed by atoms with Gasteiger partial charge >= 0.3 is 0 Å². The zero-order valence-corrected chi connectivity index (χ0v) is 16.2. The van der Waals surface area contributed by atoms with Gasteiger partial charge in [-0.05, 0) is 54.1 Å². The van der Waals surface area contributed by atoms with Gasteiger partial charge in [-0.1, -0.05) is 22.0 Å². The molecule has 0 bridgehead atoms. The van der Waals surface area contributed by atoms with Gasteiger partial charge in [0.05, 0.1) is 10.6 Å². The highest BCUT2D eigenvalue weighted by atomic mass is 79.9. The second kappa shape index (κ2) is 7.99. The van der Waals surface area contributed by atoms with Crippen molar-refractivity contribution in [2.75, 3.05) is 16.2 Å². The van der Waals surface area contributed by atoms with Crippen LogP contribution in [0.4, 0.5) is 11.4 Å². The first-order valence-corrected chi connectivity index (χ1v) is 9.65. The monoisotopic (exact) mass is 444 g/mol. The van der Waals surface area contributed by atoms with E-state index in [-0.39, 0.29) is 10.8 Å². The number of anilines is 2. The highest BCUT2D eigenvalue weighted by molar-refractivity contribution is 9.10. The molecule has 0 aliphatic rings. The zero-order valence-electron chi connectivity index (χ0n) is 13.1. The molecule has 1 amide bonds. The van der Waals surface area contributed by atoms with Gasteiger partial charge in [0, 0.05) is 17.1 Å². The van der Waals surface area contributed by atoms with Crippen LogP contribution in [0.2, 0.25) is 0 Å². The van der Waals surface area contributed by atoms with Crippen molar-refractivity contribution in [1.82, 2.24) is 0 Å². The molecule has 0 atom stereocenters. The van der Waals surface area contributed by atoms with Crippen LogP contribution in [0.1, 0.15) is 6.92 Å². The van der Waals surface area contributed by atoms with Gasteiger partial charge in [-0.3, -0.25) is 13.9 Å². The van der Waals surface area contributed by atoms with Crippen LogP contribution in [0.15, 0.2) is 57.9 Å². The van der Waals surface area contributed by atoms with Crippen molar-refractivity contribution in [2.45, 2.75) is 11.8 Å². The Morgan fingerprint density at radius 2 is 1.80 bits per heavy atom. The number of nitrogens with one attached hydrogen (secondary N) is 1. The van der Waals surface area contributed by atoms with Crippen LogP contribution in [0, 0.1) is 0 Å². The lowest BCUT2D eigenvalue weighted by atomic mass is 10.3. The molecular weight excluding hydrogens is 432 g/mol. The minimum absolute atomic E-state index is 0.0282. The Hall–Kier alpha value is -1.90. The van der Waals surface area contributed by atoms with Crippen molar-refractivity contribution >= 4 is 60.1 Å². The number of hydrogen-bond acceptors (Lipinski definition) is 4. The number of sulfonamides is 1. The van der Waals surface area contributed by atoms with Gasteiger partial charge in [-0.2, -0.15) is 0 Å². The summed E-state index contributed by atoms with van der Waals surface area (Å²) in [4.78, 5) is 22.4. The molecule has 0 unspecified atom stereocenters. The van der Waals surface area contributed by atoms with E-state index < -0.39 is 21.8 Å². The standard InChI is InChI=1S/C16H14BrClN2O4S/c1-11(21)19-13-5-7-15(8-6-13)25(23,24)20(10-16(18)22)14-4-2-3-12(17)9-14/h2-9H,10H2,1H3,(H,19,21). The van der Waals surface area contributed by atoms with E-state index in [1.54, 1.807) is 24.3 Å². The molecule has 0 aliphatic heterocycles. The third kappa shape index (κ3) is 5.04. The largest absolute Gasteiger partial charge is 0.326 e. The van der Waals surface area contributed by atoms with E-state index in [4.69, 9.17) is 11.6 Å². The van der Waals surface area contributed by atoms with Gasteiger partial charge in [0.15, 0.2) is 0 Å². The van der Waals surface area contributed by atoms with Crippen LogP contribution in [-0.4, -0.2) is 26.1 Å². The summed E-state index contributed by atoms with van der Waals surface area (Å²) in [7, 11) is -4.02. The van der Waals surface area contributed by atoms with Crippen molar-refractivity contribution in [3.8, 4) is 0 Å². The average molecular weight is 446 g/mol. The molecule has 0 spiro atoms. The number of carbonyl (C=O) groups is 2. The van der Waals surface area contributed by atoms with Crippen LogP contribution in [0.5, 0.6) is 0 Å². The minimum atomic E-state index is -4.02. The van der Waals surface area contributed by atoms with E-state index >= 15 is 0 Å². The predicted octanol–water partition coefficient (Wildman–Crippen LogP) is 3.37. The van der Waals surface area contributed by atoms with Gasteiger partial charge in [0.25, 0.3) is 10.0 Å². The lowest BCUT2D eigenvalue weighted by molar-refractivity contribution is -0.114. The van der Waals surface area contributed by atoms with Crippen LogP contribution >= 0.6 is 27.5 Å². The third-order valence-corrected chi connectivity index (χ3v) is 5.53. The van der Waals surface area contributed by atoms with Gasteiger partial charge < -0.3 is 5.32 Å². The Morgan fingerprint density at radius 3 is 2.32 bits per heavy atom. The zero-order chi connectivity index (χ0) is 18.6. The fourth-order valence-electron chi connectivity index (χ4n) is 2.10. The highest BCUT2D eigenvalue weighted by Gasteiger charge is 2.26. The van der Waals surface area contributed by atoms with Crippen LogP contribution in [0.3, 0.4) is 0 Å². The SMILES string of the molecule is CC(=O)Nc1ccc(S(=O)(=O)N(CC(=O)Cl)c2cccc(Br)c2)cc1. The third-order valence-electron chi connectivity index (χ3n) is 3.13. The van der Waals surface area contributed by atoms with Crippen LogP contribution in [0.25, 0.3) is 0 Å². The normalized spacial score (nSPS) is 11.0. The van der Waals surface area contributed by atoms with Gasteiger partial charge in [0.2, 0.25) is 11.1 Å². The summed E-state index contributed by atoms with van der Waals surface area (Å²) in [5.41, 5.74) is 0.767. The van der Waals surface area contributed by atoms with E-state index in [1.807, 2.05) is 0 Å². The fraction of sp³-hybridized carbons (Fsp3) is 0.125. The summed E-state index contributed by atoms with van der Waals surface area (Å²) in [5.74, 6) is -0.265. The number of benzene rings is 2. The molecule has 132 valence electrons. The van der Waals surface area contributed by atoms with E-state index in [0.717, 1.165) is 4.31 Å². The topological polar surface area (TPSA) is 83.6 Å².